The van der Waals surface area contributed by atoms with Gasteiger partial charge in [-0.1, -0.05) is 43.9 Å². The first-order chi connectivity index (χ1) is 12.9. The normalized spacial score (nSPS) is 18.6. The highest BCUT2D eigenvalue weighted by Crippen LogP contribution is 2.34. The number of nitrogens with one attached hydrogen (secondary N) is 1. The molecule has 0 bridgehead atoms. The lowest BCUT2D eigenvalue weighted by Crippen LogP contribution is -2.17. The lowest BCUT2D eigenvalue weighted by molar-refractivity contribution is -0.116. The van der Waals surface area contributed by atoms with E-state index in [1.54, 1.807) is 4.68 Å². The Labute approximate surface area is 159 Å². The van der Waals surface area contributed by atoms with Gasteiger partial charge in [0.05, 0.1) is 22.9 Å². The molecule has 1 saturated carbocycles. The van der Waals surface area contributed by atoms with Gasteiger partial charge >= 0.3 is 0 Å². The van der Waals surface area contributed by atoms with Crippen molar-refractivity contribution in [1.29, 1.82) is 0 Å². The molecule has 27 heavy (non-hydrogen) atoms. The van der Waals surface area contributed by atoms with E-state index < -0.39 is 9.84 Å². The van der Waals surface area contributed by atoms with E-state index in [4.69, 9.17) is 0 Å². The minimum absolute atomic E-state index is 0.0630. The van der Waals surface area contributed by atoms with Gasteiger partial charge in [0.1, 0.15) is 5.82 Å². The number of rotatable bonds is 5. The maximum absolute atomic E-state index is 12.6. The second-order valence-corrected chi connectivity index (χ2v) is 9.81. The molecule has 1 aromatic carbocycles. The zero-order valence-corrected chi connectivity index (χ0v) is 16.4. The molecule has 0 atom stereocenters. The summed E-state index contributed by atoms with van der Waals surface area (Å²) in [6, 6.07) is 7.77. The van der Waals surface area contributed by atoms with Crippen molar-refractivity contribution in [3.63, 3.8) is 0 Å². The molecule has 1 fully saturated rings. The highest BCUT2D eigenvalue weighted by atomic mass is 32.2. The third-order valence-electron chi connectivity index (χ3n) is 5.64. The van der Waals surface area contributed by atoms with Crippen LogP contribution in [0.4, 0.5) is 5.82 Å². The molecule has 0 spiro atoms. The van der Waals surface area contributed by atoms with E-state index in [0.29, 0.717) is 29.4 Å². The number of amides is 1. The number of benzene rings is 1. The molecule has 144 valence electrons. The van der Waals surface area contributed by atoms with Gasteiger partial charge in [-0.25, -0.2) is 13.1 Å². The predicted octanol–water partition coefficient (Wildman–Crippen LogP) is 3.52. The number of fused-ring (bicyclic) bond motifs is 1. The van der Waals surface area contributed by atoms with Crippen molar-refractivity contribution in [1.82, 2.24) is 9.78 Å². The highest BCUT2D eigenvalue weighted by Gasteiger charge is 2.33. The van der Waals surface area contributed by atoms with Crippen LogP contribution in [0.3, 0.4) is 0 Å². The number of hydrogen-bond donors (Lipinski definition) is 1. The molecule has 7 heteroatoms. The maximum Gasteiger partial charge on any atom is 0.225 e. The monoisotopic (exact) mass is 387 g/mol. The number of nitrogens with zero attached hydrogens (tertiary/aromatic N) is 2. The number of sulfone groups is 1. The number of para-hydroxylation sites is 1. The summed E-state index contributed by atoms with van der Waals surface area (Å²) >= 11 is 0. The van der Waals surface area contributed by atoms with Gasteiger partial charge in [0.15, 0.2) is 9.84 Å². The third kappa shape index (κ3) is 3.78. The van der Waals surface area contributed by atoms with Gasteiger partial charge in [-0.15, -0.1) is 0 Å². The van der Waals surface area contributed by atoms with Crippen LogP contribution < -0.4 is 5.32 Å². The van der Waals surface area contributed by atoms with E-state index >= 15 is 0 Å². The first-order valence-corrected chi connectivity index (χ1v) is 11.4. The number of carbonyl (C=O) groups excluding carboxylic acids is 1. The third-order valence-corrected chi connectivity index (χ3v) is 7.09. The zero-order valence-electron chi connectivity index (χ0n) is 15.6. The molecule has 2 heterocycles. The average molecular weight is 388 g/mol. The second-order valence-electron chi connectivity index (χ2n) is 7.74. The fourth-order valence-electron chi connectivity index (χ4n) is 4.18. The molecule has 1 aromatic heterocycles. The topological polar surface area (TPSA) is 81.1 Å². The van der Waals surface area contributed by atoms with Crippen LogP contribution in [0, 0.1) is 12.8 Å². The van der Waals surface area contributed by atoms with E-state index in [1.165, 1.54) is 25.7 Å². The van der Waals surface area contributed by atoms with E-state index in [0.717, 1.165) is 17.7 Å². The highest BCUT2D eigenvalue weighted by molar-refractivity contribution is 7.90. The SMILES string of the molecule is Cc1ccccc1-n1nc2c(c1NC(=O)CCC1CCCC1)CS(=O)(=O)C2. The minimum Gasteiger partial charge on any atom is -0.310 e. The van der Waals surface area contributed by atoms with Crippen LogP contribution in [0.5, 0.6) is 0 Å². The lowest BCUT2D eigenvalue weighted by atomic mass is 10.0. The van der Waals surface area contributed by atoms with E-state index in [9.17, 15) is 13.2 Å². The van der Waals surface area contributed by atoms with Crippen LogP contribution in [0.15, 0.2) is 24.3 Å². The molecule has 1 amide bonds. The number of aromatic nitrogens is 2. The van der Waals surface area contributed by atoms with Gasteiger partial charge in [-0.05, 0) is 30.9 Å². The van der Waals surface area contributed by atoms with Crippen molar-refractivity contribution in [2.24, 2.45) is 5.92 Å². The summed E-state index contributed by atoms with van der Waals surface area (Å²) in [7, 11) is -3.18. The van der Waals surface area contributed by atoms with Crippen molar-refractivity contribution in [2.75, 3.05) is 5.32 Å². The van der Waals surface area contributed by atoms with Crippen molar-refractivity contribution < 1.29 is 13.2 Å². The van der Waals surface area contributed by atoms with E-state index in [1.807, 2.05) is 31.2 Å². The van der Waals surface area contributed by atoms with Crippen LogP contribution in [0.2, 0.25) is 0 Å². The smallest absolute Gasteiger partial charge is 0.225 e. The summed E-state index contributed by atoms with van der Waals surface area (Å²) in [6.07, 6.45) is 6.30. The molecule has 1 aliphatic carbocycles. The van der Waals surface area contributed by atoms with Gasteiger partial charge in [0.2, 0.25) is 5.91 Å². The van der Waals surface area contributed by atoms with Gasteiger partial charge in [-0.3, -0.25) is 4.79 Å². The molecular formula is C20H25N3O3S. The molecule has 0 unspecified atom stereocenters. The first-order valence-electron chi connectivity index (χ1n) is 9.60. The Kier molecular flexibility index (Phi) is 4.80. The van der Waals surface area contributed by atoms with Crippen molar-refractivity contribution >= 4 is 21.6 Å². The second kappa shape index (κ2) is 7.11. The summed E-state index contributed by atoms with van der Waals surface area (Å²) in [5, 5.41) is 7.51. The first kappa shape index (κ1) is 18.2. The number of hydrogen-bond acceptors (Lipinski definition) is 4. The van der Waals surface area contributed by atoms with Crippen LogP contribution in [-0.4, -0.2) is 24.1 Å². The Morgan fingerprint density at radius 2 is 1.96 bits per heavy atom. The molecular weight excluding hydrogens is 362 g/mol. The fraction of sp³-hybridized carbons (Fsp3) is 0.500. The summed E-state index contributed by atoms with van der Waals surface area (Å²) in [6.45, 7) is 1.98. The van der Waals surface area contributed by atoms with Gasteiger partial charge in [0, 0.05) is 12.0 Å². The molecule has 6 nitrogen and oxygen atoms in total. The number of carbonyl (C=O) groups is 1. The average Bonchev–Trinajstić information content (AvgIpc) is 3.30. The van der Waals surface area contributed by atoms with Gasteiger partial charge in [0.25, 0.3) is 0 Å². The Morgan fingerprint density at radius 3 is 2.70 bits per heavy atom. The Balaban J connectivity index is 1.62. The van der Waals surface area contributed by atoms with Crippen LogP contribution >= 0.6 is 0 Å². The van der Waals surface area contributed by atoms with Gasteiger partial charge < -0.3 is 5.32 Å². The number of anilines is 1. The van der Waals surface area contributed by atoms with Gasteiger partial charge in [-0.2, -0.15) is 5.10 Å². The molecule has 4 rings (SSSR count). The fourth-order valence-corrected chi connectivity index (χ4v) is 5.67. The number of aryl methyl sites for hydroxylation is 1. The molecule has 2 aliphatic rings. The Morgan fingerprint density at radius 1 is 1.22 bits per heavy atom. The quantitative estimate of drug-likeness (QED) is 0.851. The van der Waals surface area contributed by atoms with Crippen LogP contribution in [-0.2, 0) is 26.1 Å². The lowest BCUT2D eigenvalue weighted by Gasteiger charge is -2.14. The van der Waals surface area contributed by atoms with Crippen LogP contribution in [0.1, 0.15) is 55.3 Å². The molecule has 2 aromatic rings. The standard InChI is InChI=1S/C20H25N3O3S/c1-14-6-2-5-9-18(14)23-20(16-12-27(25,26)13-17(16)22-23)21-19(24)11-10-15-7-3-4-8-15/h2,5-6,9,15H,3-4,7-8,10-13H2,1H3,(H,21,24). The Bertz CT molecular complexity index is 972. The van der Waals surface area contributed by atoms with E-state index in [2.05, 4.69) is 10.4 Å². The predicted molar refractivity (Wildman–Crippen MR) is 104 cm³/mol. The minimum atomic E-state index is -3.18. The van der Waals surface area contributed by atoms with E-state index in [-0.39, 0.29) is 17.4 Å². The summed E-state index contributed by atoms with van der Waals surface area (Å²) in [5.74, 6) is 0.960. The largest absolute Gasteiger partial charge is 0.310 e. The molecule has 0 radical (unpaired) electrons. The Hall–Kier alpha value is -2.15. The summed E-state index contributed by atoms with van der Waals surface area (Å²) in [4.78, 5) is 12.6. The van der Waals surface area contributed by atoms with Crippen molar-refractivity contribution in [3.8, 4) is 5.69 Å². The van der Waals surface area contributed by atoms with Crippen LogP contribution in [0.25, 0.3) is 5.69 Å². The molecule has 0 saturated heterocycles. The van der Waals surface area contributed by atoms with Crippen molar-refractivity contribution in [3.05, 3.63) is 41.1 Å². The zero-order chi connectivity index (χ0) is 19.0. The maximum atomic E-state index is 12.6. The molecule has 1 aliphatic heterocycles. The van der Waals surface area contributed by atoms with Crippen molar-refractivity contribution in [2.45, 2.75) is 57.0 Å². The summed E-state index contributed by atoms with van der Waals surface area (Å²) < 4.78 is 25.8. The summed E-state index contributed by atoms with van der Waals surface area (Å²) in [5.41, 5.74) is 3.05. The molecule has 1 N–H and O–H groups in total.